The number of pyridine rings is 2. The van der Waals surface area contributed by atoms with E-state index in [0.717, 1.165) is 5.56 Å². The van der Waals surface area contributed by atoms with Crippen LogP contribution in [0.4, 0.5) is 0 Å². The molecule has 0 bridgehead atoms. The zero-order valence-electron chi connectivity index (χ0n) is 19.4. The quantitative estimate of drug-likeness (QED) is 0.260. The van der Waals surface area contributed by atoms with Gasteiger partial charge < -0.3 is 14.7 Å². The number of carbonyl (C=O) groups is 2. The lowest BCUT2D eigenvalue weighted by Crippen LogP contribution is -2.29. The average Bonchev–Trinajstić information content (AvgIpc) is 3.33. The Labute approximate surface area is 202 Å². The summed E-state index contributed by atoms with van der Waals surface area (Å²) in [5.41, 5.74) is 3.06. The molecule has 1 N–H and O–H groups in total. The Kier molecular flexibility index (Phi) is 5.78. The molecule has 8 heteroatoms. The number of ketones is 1. The molecule has 0 spiro atoms. The molecule has 0 radical (unpaired) electrons. The van der Waals surface area contributed by atoms with Crippen molar-refractivity contribution in [1.82, 2.24) is 19.3 Å². The summed E-state index contributed by atoms with van der Waals surface area (Å²) in [5.74, 6) is -0.999. The van der Waals surface area contributed by atoms with Crippen molar-refractivity contribution in [3.63, 3.8) is 0 Å². The Hall–Kier alpha value is -4.46. The number of nitrogens with zero attached hydrogens (tertiary/aromatic N) is 4. The van der Waals surface area contributed by atoms with Crippen LogP contribution < -0.4 is 4.74 Å². The summed E-state index contributed by atoms with van der Waals surface area (Å²) in [4.78, 5) is 36.7. The summed E-state index contributed by atoms with van der Waals surface area (Å²) in [7, 11) is 0. The highest BCUT2D eigenvalue weighted by Crippen LogP contribution is 2.41. The van der Waals surface area contributed by atoms with Crippen molar-refractivity contribution in [3.8, 4) is 5.75 Å². The number of amides is 1. The monoisotopic (exact) mass is 468 g/mol. The largest absolute Gasteiger partial charge is 0.505 e. The number of aromatic nitrogens is 3. The third-order valence-electron chi connectivity index (χ3n) is 6.05. The third-order valence-corrected chi connectivity index (χ3v) is 6.05. The van der Waals surface area contributed by atoms with E-state index in [1.54, 1.807) is 48.1 Å². The van der Waals surface area contributed by atoms with Crippen molar-refractivity contribution in [1.29, 1.82) is 0 Å². The first-order valence-corrected chi connectivity index (χ1v) is 11.3. The van der Waals surface area contributed by atoms with Gasteiger partial charge in [0.2, 0.25) is 0 Å². The molecule has 1 aliphatic heterocycles. The minimum absolute atomic E-state index is 0.0248. The number of imidazole rings is 1. The molecule has 0 aliphatic carbocycles. The standard InChI is InChI=1S/C27H24N4O4/c1-3-35-20-11-9-19(10-12-20)24-22(25(32)23-17(2)29-21-8-4-5-14-30(21)23)26(33)27(34)31(24)16-18-7-6-13-28-15-18/h4-15,24,32H,3,16H2,1-2H3/b25-22+. The maximum atomic E-state index is 13.4. The van der Waals surface area contributed by atoms with Crippen LogP contribution in [0.15, 0.2) is 78.8 Å². The van der Waals surface area contributed by atoms with Crippen molar-refractivity contribution in [3.05, 3.63) is 101 Å². The maximum absolute atomic E-state index is 13.4. The van der Waals surface area contributed by atoms with Crippen LogP contribution in [0.25, 0.3) is 11.4 Å². The Morgan fingerprint density at radius 1 is 1.09 bits per heavy atom. The van der Waals surface area contributed by atoms with Gasteiger partial charge >= 0.3 is 0 Å². The van der Waals surface area contributed by atoms with Crippen LogP contribution in [-0.4, -0.2) is 42.7 Å². The molecule has 0 saturated carbocycles. The number of rotatable bonds is 6. The van der Waals surface area contributed by atoms with Crippen LogP contribution >= 0.6 is 0 Å². The van der Waals surface area contributed by atoms with Crippen molar-refractivity contribution < 1.29 is 19.4 Å². The Bertz CT molecular complexity index is 1440. The van der Waals surface area contributed by atoms with Crippen LogP contribution in [0.3, 0.4) is 0 Å². The second-order valence-electron chi connectivity index (χ2n) is 8.26. The summed E-state index contributed by atoms with van der Waals surface area (Å²) < 4.78 is 7.27. The van der Waals surface area contributed by atoms with Crippen molar-refractivity contribution >= 4 is 23.1 Å². The second kappa shape index (κ2) is 9.06. The van der Waals surface area contributed by atoms with Gasteiger partial charge in [0.1, 0.15) is 17.1 Å². The van der Waals surface area contributed by atoms with Gasteiger partial charge in [0.05, 0.1) is 23.9 Å². The lowest BCUT2D eigenvalue weighted by atomic mass is 9.96. The first kappa shape index (κ1) is 22.3. The third kappa shape index (κ3) is 3.93. The molecule has 4 heterocycles. The zero-order valence-corrected chi connectivity index (χ0v) is 19.4. The SMILES string of the molecule is CCOc1ccc(C2/C(=C(\O)c3c(C)nc4ccccn34)C(=O)C(=O)N2Cc2cccnc2)cc1. The van der Waals surface area contributed by atoms with E-state index in [0.29, 0.717) is 35.0 Å². The average molecular weight is 469 g/mol. The number of likely N-dealkylation sites (tertiary alicyclic amines) is 1. The summed E-state index contributed by atoms with van der Waals surface area (Å²) >= 11 is 0. The molecular formula is C27H24N4O4. The molecule has 1 aliphatic rings. The van der Waals surface area contributed by atoms with E-state index in [9.17, 15) is 14.7 Å². The summed E-state index contributed by atoms with van der Waals surface area (Å²) in [6.45, 7) is 4.35. The van der Waals surface area contributed by atoms with Crippen LogP contribution in [-0.2, 0) is 16.1 Å². The Morgan fingerprint density at radius 2 is 1.89 bits per heavy atom. The van der Waals surface area contributed by atoms with Gasteiger partial charge in [0.15, 0.2) is 5.76 Å². The van der Waals surface area contributed by atoms with Crippen molar-refractivity contribution in [2.45, 2.75) is 26.4 Å². The number of benzene rings is 1. The first-order chi connectivity index (χ1) is 17.0. The van der Waals surface area contributed by atoms with Crippen LogP contribution in [0, 0.1) is 6.92 Å². The minimum atomic E-state index is -0.792. The Balaban J connectivity index is 1.69. The van der Waals surface area contributed by atoms with Gasteiger partial charge in [-0.05, 0) is 55.3 Å². The normalized spacial score (nSPS) is 17.3. The molecule has 4 aromatic rings. The lowest BCUT2D eigenvalue weighted by Gasteiger charge is -2.25. The number of carbonyl (C=O) groups excluding carboxylic acids is 2. The number of hydrogen-bond donors (Lipinski definition) is 1. The van der Waals surface area contributed by atoms with E-state index in [-0.39, 0.29) is 17.9 Å². The maximum Gasteiger partial charge on any atom is 0.295 e. The number of aliphatic hydroxyl groups excluding tert-OH is 1. The van der Waals surface area contributed by atoms with Crippen LogP contribution in [0.5, 0.6) is 5.75 Å². The fraction of sp³-hybridized carbons (Fsp3) is 0.185. The molecular weight excluding hydrogens is 444 g/mol. The number of ether oxygens (including phenoxy) is 1. The molecule has 1 aromatic carbocycles. The lowest BCUT2D eigenvalue weighted by molar-refractivity contribution is -0.140. The number of aliphatic hydroxyl groups is 1. The molecule has 1 atom stereocenters. The van der Waals surface area contributed by atoms with E-state index in [1.165, 1.54) is 4.90 Å². The van der Waals surface area contributed by atoms with Crippen LogP contribution in [0.1, 0.15) is 35.5 Å². The summed E-state index contributed by atoms with van der Waals surface area (Å²) in [6, 6.07) is 15.5. The van der Waals surface area contributed by atoms with E-state index in [1.807, 2.05) is 43.3 Å². The fourth-order valence-corrected chi connectivity index (χ4v) is 4.52. The van der Waals surface area contributed by atoms with Gasteiger partial charge in [0.25, 0.3) is 11.7 Å². The van der Waals surface area contributed by atoms with Gasteiger partial charge in [-0.3, -0.25) is 19.0 Å². The topological polar surface area (TPSA) is 97.0 Å². The zero-order chi connectivity index (χ0) is 24.5. The smallest absolute Gasteiger partial charge is 0.295 e. The highest BCUT2D eigenvalue weighted by atomic mass is 16.5. The van der Waals surface area contributed by atoms with Crippen molar-refractivity contribution in [2.24, 2.45) is 0 Å². The molecule has 3 aromatic heterocycles. The minimum Gasteiger partial charge on any atom is -0.505 e. The second-order valence-corrected chi connectivity index (χ2v) is 8.26. The predicted molar refractivity (Wildman–Crippen MR) is 130 cm³/mol. The van der Waals surface area contributed by atoms with Gasteiger partial charge in [-0.15, -0.1) is 0 Å². The van der Waals surface area contributed by atoms with E-state index in [4.69, 9.17) is 4.74 Å². The fourth-order valence-electron chi connectivity index (χ4n) is 4.52. The molecule has 1 amide bonds. The number of fused-ring (bicyclic) bond motifs is 1. The number of aryl methyl sites for hydroxylation is 1. The van der Waals surface area contributed by atoms with Gasteiger partial charge in [-0.1, -0.05) is 24.3 Å². The molecule has 1 unspecified atom stereocenters. The van der Waals surface area contributed by atoms with Crippen molar-refractivity contribution in [2.75, 3.05) is 6.61 Å². The summed E-state index contributed by atoms with van der Waals surface area (Å²) in [6.07, 6.45) is 5.07. The van der Waals surface area contributed by atoms with Gasteiger partial charge in [-0.2, -0.15) is 0 Å². The highest BCUT2D eigenvalue weighted by Gasteiger charge is 2.46. The first-order valence-electron chi connectivity index (χ1n) is 11.3. The molecule has 8 nitrogen and oxygen atoms in total. The summed E-state index contributed by atoms with van der Waals surface area (Å²) in [5, 5.41) is 11.5. The van der Waals surface area contributed by atoms with E-state index < -0.39 is 17.7 Å². The van der Waals surface area contributed by atoms with Gasteiger partial charge in [-0.25, -0.2) is 4.98 Å². The van der Waals surface area contributed by atoms with Gasteiger partial charge in [0, 0.05) is 25.1 Å². The highest BCUT2D eigenvalue weighted by molar-refractivity contribution is 6.46. The number of Topliss-reactive ketones (excluding diaryl/α,β-unsaturated/α-hetero) is 1. The molecule has 1 fully saturated rings. The van der Waals surface area contributed by atoms with E-state index >= 15 is 0 Å². The van der Waals surface area contributed by atoms with Crippen LogP contribution in [0.2, 0.25) is 0 Å². The number of hydrogen-bond acceptors (Lipinski definition) is 6. The molecule has 1 saturated heterocycles. The van der Waals surface area contributed by atoms with E-state index in [2.05, 4.69) is 9.97 Å². The molecule has 5 rings (SSSR count). The predicted octanol–water partition coefficient (Wildman–Crippen LogP) is 4.06. The molecule has 35 heavy (non-hydrogen) atoms. The molecule has 176 valence electrons. The Morgan fingerprint density at radius 3 is 2.60 bits per heavy atom.